The molecule has 7 nitrogen and oxygen atoms in total. The number of anilines is 1. The number of amides is 1. The monoisotopic (exact) mass is 258 g/mol. The smallest absolute Gasteiger partial charge is 0.311 e. The average Bonchev–Trinajstić information content (AvgIpc) is 2.28. The molecule has 0 spiro atoms. The number of nitrogens with zero attached hydrogens (tertiary/aromatic N) is 2. The summed E-state index contributed by atoms with van der Waals surface area (Å²) in [6, 6.07) is 2.60. The molecule has 0 aliphatic carbocycles. The summed E-state index contributed by atoms with van der Waals surface area (Å²) < 4.78 is 0. The molecule has 1 rings (SSSR count). The van der Waals surface area contributed by atoms with Crippen LogP contribution in [-0.2, 0) is 4.79 Å². The normalized spacial score (nSPS) is 9.76. The fraction of sp³-hybridized carbons (Fsp3) is 0.333. The van der Waals surface area contributed by atoms with E-state index in [0.29, 0.717) is 0 Å². The molecule has 2 N–H and O–H groups in total. The third-order valence-electron chi connectivity index (χ3n) is 1.96. The van der Waals surface area contributed by atoms with Gasteiger partial charge in [-0.15, -0.1) is 0 Å². The van der Waals surface area contributed by atoms with Gasteiger partial charge < -0.3 is 10.6 Å². The molecule has 0 fully saturated rings. The molecule has 1 amide bonds. The maximum atomic E-state index is 11.0. The van der Waals surface area contributed by atoms with Gasteiger partial charge in [0, 0.05) is 26.1 Å². The number of carbonyl (C=O) groups excluding carboxylic acids is 1. The van der Waals surface area contributed by atoms with Crippen LogP contribution in [-0.4, -0.2) is 29.4 Å². The zero-order valence-corrected chi connectivity index (χ0v) is 9.82. The van der Waals surface area contributed by atoms with E-state index in [1.54, 1.807) is 0 Å². The highest BCUT2D eigenvalue weighted by Crippen LogP contribution is 2.23. The van der Waals surface area contributed by atoms with Crippen molar-refractivity contribution in [2.24, 2.45) is 0 Å². The van der Waals surface area contributed by atoms with Gasteiger partial charge in [-0.1, -0.05) is 11.6 Å². The standard InChI is InChI=1S/C9H11ClN4O3/c1-11-8(15)4-5-12-9-6(14(16)17)2-3-7(10)13-9/h2-3H,4-5H2,1H3,(H,11,15)(H,12,13). The van der Waals surface area contributed by atoms with Crippen LogP contribution in [0.5, 0.6) is 0 Å². The van der Waals surface area contributed by atoms with Crippen LogP contribution < -0.4 is 10.6 Å². The van der Waals surface area contributed by atoms with Crippen LogP contribution in [0.15, 0.2) is 12.1 Å². The van der Waals surface area contributed by atoms with E-state index in [9.17, 15) is 14.9 Å². The highest BCUT2D eigenvalue weighted by atomic mass is 35.5. The van der Waals surface area contributed by atoms with Crippen LogP contribution in [0.4, 0.5) is 11.5 Å². The van der Waals surface area contributed by atoms with Crippen molar-refractivity contribution in [2.75, 3.05) is 18.9 Å². The minimum Gasteiger partial charge on any atom is -0.364 e. The van der Waals surface area contributed by atoms with E-state index in [4.69, 9.17) is 11.6 Å². The molecule has 0 atom stereocenters. The Bertz CT molecular complexity index is 438. The molecule has 1 heterocycles. The van der Waals surface area contributed by atoms with Gasteiger partial charge in [-0.05, 0) is 6.07 Å². The zero-order chi connectivity index (χ0) is 12.8. The van der Waals surface area contributed by atoms with Gasteiger partial charge >= 0.3 is 5.69 Å². The van der Waals surface area contributed by atoms with Gasteiger partial charge in [0.05, 0.1) is 4.92 Å². The molecule has 0 saturated heterocycles. The predicted molar refractivity (Wildman–Crippen MR) is 63.1 cm³/mol. The number of aromatic nitrogens is 1. The molecule has 0 radical (unpaired) electrons. The van der Waals surface area contributed by atoms with Crippen LogP contribution >= 0.6 is 11.6 Å². The molecule has 0 bridgehead atoms. The quantitative estimate of drug-likeness (QED) is 0.470. The maximum Gasteiger partial charge on any atom is 0.311 e. The Kier molecular flexibility index (Phi) is 4.65. The molecule has 0 saturated carbocycles. The summed E-state index contributed by atoms with van der Waals surface area (Å²) in [7, 11) is 1.52. The second kappa shape index (κ2) is 6.00. The summed E-state index contributed by atoms with van der Waals surface area (Å²) >= 11 is 5.64. The van der Waals surface area contributed by atoms with Crippen molar-refractivity contribution >= 4 is 29.0 Å². The molecular weight excluding hydrogens is 248 g/mol. The summed E-state index contributed by atoms with van der Waals surface area (Å²) in [5, 5.41) is 16.0. The van der Waals surface area contributed by atoms with Crippen molar-refractivity contribution in [3.05, 3.63) is 27.4 Å². The number of hydrogen-bond donors (Lipinski definition) is 2. The SMILES string of the molecule is CNC(=O)CCNc1nc(Cl)ccc1[N+](=O)[O-]. The molecule has 8 heteroatoms. The first-order chi connectivity index (χ1) is 8.04. The lowest BCUT2D eigenvalue weighted by molar-refractivity contribution is -0.384. The summed E-state index contributed by atoms with van der Waals surface area (Å²) in [5.74, 6) is -0.103. The van der Waals surface area contributed by atoms with Crippen molar-refractivity contribution < 1.29 is 9.72 Å². The number of nitro groups is 1. The van der Waals surface area contributed by atoms with Crippen LogP contribution in [0.3, 0.4) is 0 Å². The van der Waals surface area contributed by atoms with E-state index in [0.717, 1.165) is 0 Å². The van der Waals surface area contributed by atoms with Gasteiger partial charge in [0.2, 0.25) is 11.7 Å². The third-order valence-corrected chi connectivity index (χ3v) is 2.17. The van der Waals surface area contributed by atoms with Crippen molar-refractivity contribution in [3.63, 3.8) is 0 Å². The molecule has 0 unspecified atom stereocenters. The van der Waals surface area contributed by atoms with Crippen molar-refractivity contribution in [1.29, 1.82) is 0 Å². The molecule has 17 heavy (non-hydrogen) atoms. The lowest BCUT2D eigenvalue weighted by Gasteiger charge is -2.05. The van der Waals surface area contributed by atoms with Crippen LogP contribution in [0, 0.1) is 10.1 Å². The Morgan fingerprint density at radius 1 is 1.59 bits per heavy atom. The number of carbonyl (C=O) groups is 1. The lowest BCUT2D eigenvalue weighted by atomic mass is 10.3. The van der Waals surface area contributed by atoms with E-state index in [2.05, 4.69) is 15.6 Å². The number of rotatable bonds is 5. The second-order valence-corrected chi connectivity index (χ2v) is 3.50. The third kappa shape index (κ3) is 3.87. The highest BCUT2D eigenvalue weighted by Gasteiger charge is 2.15. The van der Waals surface area contributed by atoms with Crippen molar-refractivity contribution in [3.8, 4) is 0 Å². The van der Waals surface area contributed by atoms with E-state index in [1.807, 2.05) is 0 Å². The van der Waals surface area contributed by atoms with Crippen LogP contribution in [0.1, 0.15) is 6.42 Å². The molecule has 92 valence electrons. The number of nitrogens with one attached hydrogen (secondary N) is 2. The predicted octanol–water partition coefficient (Wildman–Crippen LogP) is 1.19. The minimum absolute atomic E-state index is 0.0615. The first-order valence-electron chi connectivity index (χ1n) is 4.80. The highest BCUT2D eigenvalue weighted by molar-refractivity contribution is 6.29. The summed E-state index contributed by atoms with van der Waals surface area (Å²) in [6.07, 6.45) is 0.196. The minimum atomic E-state index is -0.564. The van der Waals surface area contributed by atoms with Crippen molar-refractivity contribution in [2.45, 2.75) is 6.42 Å². The fourth-order valence-electron chi connectivity index (χ4n) is 1.12. The Morgan fingerprint density at radius 3 is 2.88 bits per heavy atom. The summed E-state index contributed by atoms with van der Waals surface area (Å²) in [5.41, 5.74) is -0.175. The second-order valence-electron chi connectivity index (χ2n) is 3.11. The average molecular weight is 259 g/mol. The Hall–Kier alpha value is -1.89. The van der Waals surface area contributed by atoms with E-state index >= 15 is 0 Å². The molecule has 0 aliphatic heterocycles. The Morgan fingerprint density at radius 2 is 2.29 bits per heavy atom. The van der Waals surface area contributed by atoms with Gasteiger partial charge in [0.15, 0.2) is 0 Å². The maximum absolute atomic E-state index is 11.0. The van der Waals surface area contributed by atoms with E-state index in [-0.39, 0.29) is 35.5 Å². The zero-order valence-electron chi connectivity index (χ0n) is 9.07. The first-order valence-corrected chi connectivity index (χ1v) is 5.17. The van der Waals surface area contributed by atoms with Crippen molar-refractivity contribution in [1.82, 2.24) is 10.3 Å². The number of hydrogen-bond acceptors (Lipinski definition) is 5. The van der Waals surface area contributed by atoms with E-state index in [1.165, 1.54) is 19.2 Å². The van der Waals surface area contributed by atoms with Crippen LogP contribution in [0.2, 0.25) is 5.15 Å². The molecule has 0 aromatic carbocycles. The van der Waals surface area contributed by atoms with Crippen LogP contribution in [0.25, 0.3) is 0 Å². The van der Waals surface area contributed by atoms with Gasteiger partial charge in [-0.2, -0.15) is 0 Å². The molecule has 1 aromatic rings. The molecule has 0 aliphatic rings. The van der Waals surface area contributed by atoms with E-state index < -0.39 is 4.92 Å². The molecule has 1 aromatic heterocycles. The summed E-state index contributed by atoms with van der Waals surface area (Å²) in [6.45, 7) is 0.244. The van der Waals surface area contributed by atoms with Gasteiger partial charge in [0.25, 0.3) is 0 Å². The lowest BCUT2D eigenvalue weighted by Crippen LogP contribution is -2.21. The topological polar surface area (TPSA) is 97.2 Å². The number of halogens is 1. The van der Waals surface area contributed by atoms with Gasteiger partial charge in [0.1, 0.15) is 5.15 Å². The first kappa shape index (κ1) is 13.2. The van der Waals surface area contributed by atoms with Gasteiger partial charge in [-0.25, -0.2) is 4.98 Å². The largest absolute Gasteiger partial charge is 0.364 e. The van der Waals surface area contributed by atoms with Gasteiger partial charge in [-0.3, -0.25) is 14.9 Å². The Labute approximate surface area is 102 Å². The summed E-state index contributed by atoms with van der Waals surface area (Å²) in [4.78, 5) is 24.9. The number of pyridine rings is 1. The molecular formula is C9H11ClN4O3. The Balaban J connectivity index is 2.72. The fourth-order valence-corrected chi connectivity index (χ4v) is 1.27.